The van der Waals surface area contributed by atoms with Crippen LogP contribution in [0.5, 0.6) is 0 Å². The lowest BCUT2D eigenvalue weighted by Gasteiger charge is -2.06. The summed E-state index contributed by atoms with van der Waals surface area (Å²) in [7, 11) is 0. The van der Waals surface area contributed by atoms with Crippen molar-refractivity contribution >= 4 is 11.9 Å². The molecule has 0 fully saturated rings. The van der Waals surface area contributed by atoms with Crippen molar-refractivity contribution < 1.29 is 19.1 Å². The van der Waals surface area contributed by atoms with Crippen molar-refractivity contribution in [1.82, 2.24) is 0 Å². The molecular formula is C14H18O4. The van der Waals surface area contributed by atoms with Gasteiger partial charge in [0.1, 0.15) is 0 Å². The van der Waals surface area contributed by atoms with E-state index in [0.29, 0.717) is 6.42 Å². The summed E-state index contributed by atoms with van der Waals surface area (Å²) in [6.07, 6.45) is 0.591. The number of carbonyl (C=O) groups is 2. The standard InChI is InChI=1S/C14H18O4/c1-4-17-13(15)14(16)18-6-5-12-8-10(2)7-11(3)9-12/h7-9H,4-6H2,1-3H3. The van der Waals surface area contributed by atoms with Crippen molar-refractivity contribution in [2.24, 2.45) is 0 Å². The predicted molar refractivity (Wildman–Crippen MR) is 67.2 cm³/mol. The van der Waals surface area contributed by atoms with E-state index in [4.69, 9.17) is 4.74 Å². The maximum atomic E-state index is 11.2. The number of hydrogen-bond acceptors (Lipinski definition) is 4. The van der Waals surface area contributed by atoms with Gasteiger partial charge >= 0.3 is 11.9 Å². The van der Waals surface area contributed by atoms with Gasteiger partial charge < -0.3 is 9.47 Å². The molecule has 4 heteroatoms. The monoisotopic (exact) mass is 250 g/mol. The zero-order valence-electron chi connectivity index (χ0n) is 11.0. The second-order valence-electron chi connectivity index (χ2n) is 4.10. The van der Waals surface area contributed by atoms with Crippen LogP contribution in [0.1, 0.15) is 23.6 Å². The van der Waals surface area contributed by atoms with Crippen LogP contribution in [-0.4, -0.2) is 25.2 Å². The summed E-state index contributed by atoms with van der Waals surface area (Å²) in [4.78, 5) is 22.2. The van der Waals surface area contributed by atoms with Gasteiger partial charge in [0.2, 0.25) is 0 Å². The molecule has 0 bridgehead atoms. The van der Waals surface area contributed by atoms with Gasteiger partial charge in [0, 0.05) is 6.42 Å². The second-order valence-corrected chi connectivity index (χ2v) is 4.10. The first kappa shape index (κ1) is 14.2. The van der Waals surface area contributed by atoms with Crippen LogP contribution in [0.4, 0.5) is 0 Å². The maximum absolute atomic E-state index is 11.2. The van der Waals surface area contributed by atoms with Crippen LogP contribution in [0.2, 0.25) is 0 Å². The Morgan fingerprint density at radius 1 is 1.00 bits per heavy atom. The van der Waals surface area contributed by atoms with Crippen LogP contribution < -0.4 is 0 Å². The van der Waals surface area contributed by atoms with Crippen LogP contribution in [0.3, 0.4) is 0 Å². The Bertz CT molecular complexity index is 417. The van der Waals surface area contributed by atoms with E-state index < -0.39 is 11.9 Å². The molecule has 1 aromatic carbocycles. The van der Waals surface area contributed by atoms with E-state index in [1.807, 2.05) is 26.0 Å². The SMILES string of the molecule is CCOC(=O)C(=O)OCCc1cc(C)cc(C)c1. The van der Waals surface area contributed by atoms with Crippen LogP contribution in [0, 0.1) is 13.8 Å². The highest BCUT2D eigenvalue weighted by Gasteiger charge is 2.15. The highest BCUT2D eigenvalue weighted by Crippen LogP contribution is 2.09. The van der Waals surface area contributed by atoms with Crippen molar-refractivity contribution in [3.8, 4) is 0 Å². The fraction of sp³-hybridized carbons (Fsp3) is 0.429. The number of esters is 2. The summed E-state index contributed by atoms with van der Waals surface area (Å²) >= 11 is 0. The van der Waals surface area contributed by atoms with E-state index in [9.17, 15) is 9.59 Å². The Kier molecular flexibility index (Phi) is 5.36. The van der Waals surface area contributed by atoms with Crippen molar-refractivity contribution in [2.45, 2.75) is 27.2 Å². The van der Waals surface area contributed by atoms with Crippen molar-refractivity contribution in [3.63, 3.8) is 0 Å². The first-order valence-electron chi connectivity index (χ1n) is 5.94. The molecule has 0 saturated carbocycles. The van der Waals surface area contributed by atoms with E-state index >= 15 is 0 Å². The number of aryl methyl sites for hydroxylation is 2. The molecular weight excluding hydrogens is 232 g/mol. The van der Waals surface area contributed by atoms with E-state index in [1.54, 1.807) is 6.92 Å². The molecule has 1 rings (SSSR count). The minimum Gasteiger partial charge on any atom is -0.458 e. The molecule has 0 spiro atoms. The van der Waals surface area contributed by atoms with Crippen molar-refractivity contribution in [1.29, 1.82) is 0 Å². The molecule has 1 aromatic rings. The Hall–Kier alpha value is -1.84. The van der Waals surface area contributed by atoms with Gasteiger partial charge in [-0.2, -0.15) is 0 Å². The molecule has 0 amide bonds. The minimum absolute atomic E-state index is 0.172. The third kappa shape index (κ3) is 4.57. The molecule has 18 heavy (non-hydrogen) atoms. The summed E-state index contributed by atoms with van der Waals surface area (Å²) in [5.41, 5.74) is 3.42. The van der Waals surface area contributed by atoms with E-state index in [-0.39, 0.29) is 13.2 Å². The molecule has 0 aliphatic heterocycles. The highest BCUT2D eigenvalue weighted by molar-refractivity contribution is 6.29. The normalized spacial score (nSPS) is 9.94. The molecule has 4 nitrogen and oxygen atoms in total. The lowest BCUT2D eigenvalue weighted by molar-refractivity contribution is -0.167. The molecule has 0 aromatic heterocycles. The average Bonchev–Trinajstić information content (AvgIpc) is 2.27. The lowest BCUT2D eigenvalue weighted by atomic mass is 10.1. The summed E-state index contributed by atoms with van der Waals surface area (Å²) in [6, 6.07) is 6.14. The zero-order chi connectivity index (χ0) is 13.5. The summed E-state index contributed by atoms with van der Waals surface area (Å²) in [5, 5.41) is 0. The third-order valence-electron chi connectivity index (χ3n) is 2.35. The molecule has 0 aliphatic carbocycles. The predicted octanol–water partition coefficient (Wildman–Crippen LogP) is 1.95. The topological polar surface area (TPSA) is 52.6 Å². The molecule has 0 heterocycles. The molecule has 0 saturated heterocycles. The van der Waals surface area contributed by atoms with E-state index in [2.05, 4.69) is 10.8 Å². The number of rotatable bonds is 4. The average molecular weight is 250 g/mol. The van der Waals surface area contributed by atoms with Gasteiger partial charge in [0.05, 0.1) is 13.2 Å². The largest absolute Gasteiger partial charge is 0.458 e. The summed E-state index contributed by atoms with van der Waals surface area (Å²) < 4.78 is 9.36. The Balaban J connectivity index is 2.42. The quantitative estimate of drug-likeness (QED) is 0.605. The molecule has 0 aliphatic rings. The summed E-state index contributed by atoms with van der Waals surface area (Å²) in [5.74, 6) is -1.86. The number of hydrogen-bond donors (Lipinski definition) is 0. The van der Waals surface area contributed by atoms with Gasteiger partial charge in [-0.3, -0.25) is 0 Å². The fourth-order valence-corrected chi connectivity index (χ4v) is 1.72. The minimum atomic E-state index is -0.932. The second kappa shape index (κ2) is 6.79. The number of ether oxygens (including phenoxy) is 2. The first-order valence-corrected chi connectivity index (χ1v) is 5.94. The van der Waals surface area contributed by atoms with E-state index in [0.717, 1.165) is 5.56 Å². The maximum Gasteiger partial charge on any atom is 0.417 e. The van der Waals surface area contributed by atoms with Gasteiger partial charge in [0.25, 0.3) is 0 Å². The number of carbonyl (C=O) groups excluding carboxylic acids is 2. The molecule has 0 N–H and O–H groups in total. The van der Waals surface area contributed by atoms with Gasteiger partial charge in [0.15, 0.2) is 0 Å². The zero-order valence-corrected chi connectivity index (χ0v) is 11.0. The molecule has 0 atom stereocenters. The Morgan fingerprint density at radius 3 is 2.11 bits per heavy atom. The van der Waals surface area contributed by atoms with Gasteiger partial charge in [-0.15, -0.1) is 0 Å². The number of benzene rings is 1. The Morgan fingerprint density at radius 2 is 1.56 bits per heavy atom. The van der Waals surface area contributed by atoms with Gasteiger partial charge in [-0.05, 0) is 26.3 Å². The fourth-order valence-electron chi connectivity index (χ4n) is 1.72. The van der Waals surface area contributed by atoms with Crippen molar-refractivity contribution in [2.75, 3.05) is 13.2 Å². The molecule has 0 unspecified atom stereocenters. The highest BCUT2D eigenvalue weighted by atomic mass is 16.6. The lowest BCUT2D eigenvalue weighted by Crippen LogP contribution is -2.21. The Labute approximate surface area is 107 Å². The van der Waals surface area contributed by atoms with Gasteiger partial charge in [-0.1, -0.05) is 29.3 Å². The smallest absolute Gasteiger partial charge is 0.417 e. The molecule has 0 radical (unpaired) electrons. The van der Waals surface area contributed by atoms with Crippen LogP contribution >= 0.6 is 0 Å². The van der Waals surface area contributed by atoms with Crippen molar-refractivity contribution in [3.05, 3.63) is 34.9 Å². The summed E-state index contributed by atoms with van der Waals surface area (Å²) in [6.45, 7) is 6.02. The van der Waals surface area contributed by atoms with Crippen LogP contribution in [-0.2, 0) is 25.5 Å². The first-order chi connectivity index (χ1) is 8.52. The third-order valence-corrected chi connectivity index (χ3v) is 2.35. The van der Waals surface area contributed by atoms with E-state index in [1.165, 1.54) is 11.1 Å². The van der Waals surface area contributed by atoms with Crippen LogP contribution in [0.15, 0.2) is 18.2 Å². The van der Waals surface area contributed by atoms with Crippen LogP contribution in [0.25, 0.3) is 0 Å². The van der Waals surface area contributed by atoms with Gasteiger partial charge in [-0.25, -0.2) is 9.59 Å². The molecule has 98 valence electrons.